The van der Waals surface area contributed by atoms with Gasteiger partial charge in [-0.15, -0.1) is 0 Å². The van der Waals surface area contributed by atoms with Crippen LogP contribution >= 0.6 is 8.08 Å². The van der Waals surface area contributed by atoms with Crippen molar-refractivity contribution >= 4 is 20.8 Å². The Morgan fingerprint density at radius 3 is 1.80 bits per heavy atom. The van der Waals surface area contributed by atoms with E-state index in [1.165, 1.54) is 8.08 Å². The standard InChI is InChI=1S/C3H8BP/c1-4(2)5-3/h3H2,1-2H3. The van der Waals surface area contributed by atoms with Crippen LogP contribution in [0.1, 0.15) is 0 Å². The highest BCUT2D eigenvalue weighted by Gasteiger charge is 1.83. The molecule has 0 aromatic carbocycles. The second-order valence-electron chi connectivity index (χ2n) is 1.28. The van der Waals surface area contributed by atoms with E-state index in [0.717, 1.165) is 6.43 Å². The quantitative estimate of drug-likeness (QED) is 0.336. The Morgan fingerprint density at radius 2 is 1.80 bits per heavy atom. The zero-order chi connectivity index (χ0) is 4.28. The number of hydrogen-bond donors (Lipinski definition) is 0. The van der Waals surface area contributed by atoms with Crippen molar-refractivity contribution in [2.45, 2.75) is 13.6 Å². The van der Waals surface area contributed by atoms with Crippen LogP contribution in [-0.4, -0.2) is 12.7 Å². The van der Waals surface area contributed by atoms with Crippen molar-refractivity contribution in [3.63, 3.8) is 0 Å². The first-order chi connectivity index (χ1) is 2.27. The van der Waals surface area contributed by atoms with Gasteiger partial charge in [0.05, 0.1) is 0 Å². The molecule has 0 rings (SSSR count). The third-order valence-electron chi connectivity index (χ3n) is 0.365. The molecule has 0 nitrogen and oxygen atoms in total. The molecule has 0 heterocycles. The predicted molar refractivity (Wildman–Crippen MR) is 31.5 cm³/mol. The van der Waals surface area contributed by atoms with Gasteiger partial charge in [0.2, 0.25) is 0 Å². The van der Waals surface area contributed by atoms with Crippen LogP contribution in [0.15, 0.2) is 0 Å². The summed E-state index contributed by atoms with van der Waals surface area (Å²) in [5.41, 5.74) is 0. The molecule has 0 atom stereocenters. The van der Waals surface area contributed by atoms with Gasteiger partial charge < -0.3 is 0 Å². The Kier molecular flexibility index (Phi) is 2.59. The Bertz CT molecular complexity index is 33.9. The zero-order valence-electron chi connectivity index (χ0n) is 3.73. The molecule has 0 bridgehead atoms. The summed E-state index contributed by atoms with van der Waals surface area (Å²) in [6.45, 7) is 4.29. The smallest absolute Gasteiger partial charge is 0.161 e. The lowest BCUT2D eigenvalue weighted by atomic mass is 9.84. The molecule has 0 N–H and O–H groups in total. The van der Waals surface area contributed by atoms with Crippen molar-refractivity contribution in [3.8, 4) is 0 Å². The molecule has 0 aliphatic carbocycles. The van der Waals surface area contributed by atoms with E-state index in [1.54, 1.807) is 0 Å². The van der Waals surface area contributed by atoms with Crippen LogP contribution in [-0.2, 0) is 0 Å². The first-order valence-corrected chi connectivity index (χ1v) is 2.88. The van der Waals surface area contributed by atoms with E-state index in [9.17, 15) is 0 Å². The largest absolute Gasteiger partial charge is 0.195 e. The van der Waals surface area contributed by atoms with E-state index in [-0.39, 0.29) is 0 Å². The molecule has 0 saturated carbocycles. The summed E-state index contributed by atoms with van der Waals surface area (Å²) in [6.07, 6.45) is 4.40. The van der Waals surface area contributed by atoms with Crippen LogP contribution in [0.4, 0.5) is 0 Å². The third-order valence-corrected chi connectivity index (χ3v) is 1.10. The molecule has 0 spiro atoms. The monoisotopic (exact) mass is 86.0 g/mol. The molecule has 0 aromatic heterocycles. The van der Waals surface area contributed by atoms with Gasteiger partial charge in [0.25, 0.3) is 0 Å². The molecule has 28 valence electrons. The maximum absolute atomic E-state index is 3.66. The summed E-state index contributed by atoms with van der Waals surface area (Å²) in [7, 11) is 1.25. The molecule has 0 fully saturated rings. The van der Waals surface area contributed by atoms with Gasteiger partial charge in [0.1, 0.15) is 0 Å². The molecular weight excluding hydrogens is 77.8 g/mol. The van der Waals surface area contributed by atoms with E-state index in [4.69, 9.17) is 0 Å². The van der Waals surface area contributed by atoms with Crippen molar-refractivity contribution in [1.29, 1.82) is 0 Å². The summed E-state index contributed by atoms with van der Waals surface area (Å²) < 4.78 is 0. The highest BCUT2D eigenvalue weighted by atomic mass is 31.0. The average Bonchev–Trinajstić information content (AvgIpc) is 1.38. The zero-order valence-corrected chi connectivity index (χ0v) is 4.63. The fourth-order valence-corrected chi connectivity index (χ4v) is 0. The lowest BCUT2D eigenvalue weighted by molar-refractivity contribution is 2.11. The molecule has 0 aliphatic heterocycles. The number of hydrogen-bond acceptors (Lipinski definition) is 0. The van der Waals surface area contributed by atoms with E-state index >= 15 is 0 Å². The third kappa shape index (κ3) is 4.23. The molecular formula is C3H8BP. The summed E-state index contributed by atoms with van der Waals surface area (Å²) in [5, 5.41) is 0. The first-order valence-electron chi connectivity index (χ1n) is 1.73. The van der Waals surface area contributed by atoms with E-state index < -0.39 is 0 Å². The van der Waals surface area contributed by atoms with Crippen molar-refractivity contribution in [2.75, 3.05) is 0 Å². The Hall–Kier alpha value is 0.235. The fraction of sp³-hybridized carbons (Fsp3) is 0.667. The summed E-state index contributed by atoms with van der Waals surface area (Å²) in [4.78, 5) is 0. The number of rotatable bonds is 1. The minimum Gasteiger partial charge on any atom is -0.161 e. The summed E-state index contributed by atoms with van der Waals surface area (Å²) >= 11 is 0. The average molecular weight is 85.9 g/mol. The summed E-state index contributed by atoms with van der Waals surface area (Å²) in [6, 6.07) is 0. The van der Waals surface area contributed by atoms with Crippen molar-refractivity contribution < 1.29 is 0 Å². The summed E-state index contributed by atoms with van der Waals surface area (Å²) in [5.74, 6) is 0. The predicted octanol–water partition coefficient (Wildman–Crippen LogP) is 1.62. The van der Waals surface area contributed by atoms with E-state index in [0.29, 0.717) is 0 Å². The van der Waals surface area contributed by atoms with Crippen molar-refractivity contribution in [2.24, 2.45) is 0 Å². The first kappa shape index (κ1) is 5.23. The fourth-order valence-electron chi connectivity index (χ4n) is 0. The van der Waals surface area contributed by atoms with Crippen LogP contribution in [0, 0.1) is 0 Å². The van der Waals surface area contributed by atoms with Crippen LogP contribution in [0.25, 0.3) is 0 Å². The topological polar surface area (TPSA) is 0 Å². The Morgan fingerprint density at radius 1 is 1.60 bits per heavy atom. The maximum atomic E-state index is 3.66. The van der Waals surface area contributed by atoms with Crippen LogP contribution < -0.4 is 0 Å². The minimum atomic E-state index is 0.745. The molecule has 0 aromatic rings. The highest BCUT2D eigenvalue weighted by molar-refractivity contribution is 7.74. The molecule has 0 radical (unpaired) electrons. The Balaban J connectivity index is 2.83. The SMILES string of the molecule is C=PB(C)C. The maximum Gasteiger partial charge on any atom is 0.195 e. The van der Waals surface area contributed by atoms with Crippen molar-refractivity contribution in [1.82, 2.24) is 0 Å². The van der Waals surface area contributed by atoms with Crippen molar-refractivity contribution in [3.05, 3.63) is 0 Å². The van der Waals surface area contributed by atoms with Gasteiger partial charge in [-0.05, 0) is 0 Å². The van der Waals surface area contributed by atoms with Gasteiger partial charge in [-0.25, -0.2) is 0 Å². The molecule has 0 unspecified atom stereocenters. The lowest BCUT2D eigenvalue weighted by Crippen LogP contribution is -1.80. The van der Waals surface area contributed by atoms with Gasteiger partial charge in [0.15, 0.2) is 6.43 Å². The van der Waals surface area contributed by atoms with Gasteiger partial charge in [-0.1, -0.05) is 19.9 Å². The van der Waals surface area contributed by atoms with E-state index in [1.807, 2.05) is 0 Å². The lowest BCUT2D eigenvalue weighted by Gasteiger charge is -1.76. The van der Waals surface area contributed by atoms with Gasteiger partial charge >= 0.3 is 0 Å². The molecule has 0 saturated heterocycles. The minimum absolute atomic E-state index is 0.745. The van der Waals surface area contributed by atoms with Crippen LogP contribution in [0.5, 0.6) is 0 Å². The second kappa shape index (κ2) is 2.47. The second-order valence-corrected chi connectivity index (χ2v) is 2.67. The molecule has 0 aliphatic rings. The molecule has 2 heteroatoms. The van der Waals surface area contributed by atoms with Gasteiger partial charge in [0, 0.05) is 0 Å². The van der Waals surface area contributed by atoms with Crippen LogP contribution in [0.2, 0.25) is 13.6 Å². The van der Waals surface area contributed by atoms with Gasteiger partial charge in [-0.2, -0.15) is 8.08 Å². The molecule has 5 heavy (non-hydrogen) atoms. The van der Waals surface area contributed by atoms with Gasteiger partial charge in [-0.3, -0.25) is 0 Å². The highest BCUT2D eigenvalue weighted by Crippen LogP contribution is 1.94. The van der Waals surface area contributed by atoms with Crippen LogP contribution in [0.3, 0.4) is 0 Å². The Labute approximate surface area is 35.4 Å². The molecule has 0 amide bonds. The normalized spacial score (nSPS) is 8.40. The van der Waals surface area contributed by atoms with E-state index in [2.05, 4.69) is 19.9 Å².